The Kier molecular flexibility index (Phi) is 3.73. The van der Waals surface area contributed by atoms with E-state index in [1.165, 1.54) is 12.1 Å². The predicted molar refractivity (Wildman–Crippen MR) is 75.6 cm³/mol. The molecule has 7 nitrogen and oxygen atoms in total. The van der Waals surface area contributed by atoms with E-state index in [9.17, 15) is 15.0 Å². The maximum atomic E-state index is 12.1. The first-order chi connectivity index (χ1) is 9.93. The summed E-state index contributed by atoms with van der Waals surface area (Å²) in [7, 11) is 0. The molecule has 0 unspecified atom stereocenters. The zero-order valence-corrected chi connectivity index (χ0v) is 12.0. The van der Waals surface area contributed by atoms with Crippen molar-refractivity contribution in [2.75, 3.05) is 6.61 Å². The van der Waals surface area contributed by atoms with Crippen LogP contribution in [0.3, 0.4) is 0 Å². The maximum absolute atomic E-state index is 12.1. The van der Waals surface area contributed by atoms with E-state index in [0.29, 0.717) is 11.0 Å². The van der Waals surface area contributed by atoms with Gasteiger partial charge in [-0.1, -0.05) is 23.2 Å². The third-order valence-electron chi connectivity index (χ3n) is 3.53. The number of ether oxygens (including phenoxy) is 1. The molecule has 0 saturated carbocycles. The van der Waals surface area contributed by atoms with E-state index in [2.05, 4.69) is 4.98 Å². The lowest BCUT2D eigenvalue weighted by atomic mass is 10.1. The van der Waals surface area contributed by atoms with E-state index < -0.39 is 36.8 Å². The zero-order valence-electron chi connectivity index (χ0n) is 10.5. The van der Waals surface area contributed by atoms with E-state index in [1.54, 1.807) is 0 Å². The molecule has 2 heterocycles. The second-order valence-corrected chi connectivity index (χ2v) is 5.63. The Morgan fingerprint density at radius 1 is 1.24 bits per heavy atom. The Labute approximate surface area is 128 Å². The van der Waals surface area contributed by atoms with Crippen molar-refractivity contribution in [3.63, 3.8) is 0 Å². The lowest BCUT2D eigenvalue weighted by Crippen LogP contribution is -2.34. The monoisotopic (exact) mass is 334 g/mol. The van der Waals surface area contributed by atoms with Crippen LogP contribution in [0.2, 0.25) is 10.0 Å². The number of halogens is 2. The van der Waals surface area contributed by atoms with Crippen molar-refractivity contribution < 1.29 is 20.1 Å². The number of hydrogen-bond donors (Lipinski definition) is 4. The van der Waals surface area contributed by atoms with Crippen molar-refractivity contribution in [3.05, 3.63) is 32.7 Å². The van der Waals surface area contributed by atoms with Crippen LogP contribution >= 0.6 is 23.2 Å². The first-order valence-electron chi connectivity index (χ1n) is 6.15. The molecule has 0 spiro atoms. The molecule has 1 saturated heterocycles. The highest BCUT2D eigenvalue weighted by Gasteiger charge is 2.44. The highest BCUT2D eigenvalue weighted by Crippen LogP contribution is 2.32. The van der Waals surface area contributed by atoms with E-state index in [-0.39, 0.29) is 10.0 Å². The summed E-state index contributed by atoms with van der Waals surface area (Å²) < 4.78 is 6.50. The highest BCUT2D eigenvalue weighted by atomic mass is 35.5. The van der Waals surface area contributed by atoms with Crippen molar-refractivity contribution in [2.24, 2.45) is 0 Å². The van der Waals surface area contributed by atoms with Gasteiger partial charge in [0.05, 0.1) is 27.7 Å². The fraction of sp³-hybridized carbons (Fsp3) is 0.417. The first-order valence-corrected chi connectivity index (χ1v) is 6.91. The van der Waals surface area contributed by atoms with Gasteiger partial charge in [-0.3, -0.25) is 4.57 Å². The number of aromatic nitrogens is 2. The summed E-state index contributed by atoms with van der Waals surface area (Å²) in [5.74, 6) is 0. The molecule has 21 heavy (non-hydrogen) atoms. The molecule has 0 aliphatic carbocycles. The average Bonchev–Trinajstić information content (AvgIpc) is 2.89. The molecule has 114 valence electrons. The second kappa shape index (κ2) is 5.28. The summed E-state index contributed by atoms with van der Waals surface area (Å²) in [5.41, 5.74) is 0.259. The van der Waals surface area contributed by atoms with Crippen LogP contribution in [0, 0.1) is 0 Å². The Bertz CT molecular complexity index is 743. The molecule has 9 heteroatoms. The fourth-order valence-corrected chi connectivity index (χ4v) is 2.79. The zero-order chi connectivity index (χ0) is 15.3. The van der Waals surface area contributed by atoms with Crippen molar-refractivity contribution in [3.8, 4) is 0 Å². The summed E-state index contributed by atoms with van der Waals surface area (Å²) in [4.78, 5) is 14.7. The van der Waals surface area contributed by atoms with Gasteiger partial charge in [0, 0.05) is 0 Å². The van der Waals surface area contributed by atoms with Gasteiger partial charge in [0.25, 0.3) is 0 Å². The molecule has 3 rings (SSSR count). The number of nitrogens with zero attached hydrogens (tertiary/aromatic N) is 1. The van der Waals surface area contributed by atoms with Gasteiger partial charge in [-0.15, -0.1) is 0 Å². The molecule has 4 atom stereocenters. The summed E-state index contributed by atoms with van der Waals surface area (Å²) in [6.07, 6.45) is -4.74. The van der Waals surface area contributed by atoms with Gasteiger partial charge in [-0.25, -0.2) is 4.79 Å². The van der Waals surface area contributed by atoms with Crippen LogP contribution in [0.5, 0.6) is 0 Å². The second-order valence-electron chi connectivity index (χ2n) is 4.81. The summed E-state index contributed by atoms with van der Waals surface area (Å²) in [5, 5.41) is 29.4. The minimum atomic E-state index is -1.35. The summed E-state index contributed by atoms with van der Waals surface area (Å²) in [6, 6.07) is 2.95. The Morgan fingerprint density at radius 3 is 2.52 bits per heavy atom. The van der Waals surface area contributed by atoms with E-state index in [4.69, 9.17) is 33.0 Å². The third kappa shape index (κ3) is 2.26. The number of H-pyrrole nitrogens is 1. The van der Waals surface area contributed by atoms with Crippen LogP contribution < -0.4 is 5.69 Å². The molecule has 1 aromatic carbocycles. The first kappa shape index (κ1) is 14.8. The Balaban J connectivity index is 2.15. The van der Waals surface area contributed by atoms with Gasteiger partial charge in [0.2, 0.25) is 0 Å². The molecule has 0 radical (unpaired) electrons. The van der Waals surface area contributed by atoms with E-state index in [1.807, 2.05) is 0 Å². The number of aromatic amines is 1. The molecule has 2 aromatic rings. The minimum Gasteiger partial charge on any atom is -0.394 e. The SMILES string of the molecule is O=c1[nH]c2cc(Cl)c(Cl)cc2n1[C@@H]1O[C@H](CO)[C@@H](O)[C@H]1O. The molecule has 1 aliphatic heterocycles. The van der Waals surface area contributed by atoms with Gasteiger partial charge in [0.15, 0.2) is 6.23 Å². The van der Waals surface area contributed by atoms with Crippen LogP contribution in [-0.2, 0) is 4.74 Å². The normalized spacial score (nSPS) is 29.4. The van der Waals surface area contributed by atoms with Crippen molar-refractivity contribution in [2.45, 2.75) is 24.5 Å². The van der Waals surface area contributed by atoms with Crippen molar-refractivity contribution >= 4 is 34.2 Å². The maximum Gasteiger partial charge on any atom is 0.328 e. The van der Waals surface area contributed by atoms with Crippen molar-refractivity contribution in [1.82, 2.24) is 9.55 Å². The Hall–Kier alpha value is -1.09. The number of aliphatic hydroxyl groups is 3. The Morgan fingerprint density at radius 2 is 1.90 bits per heavy atom. The molecule has 1 aromatic heterocycles. The number of rotatable bonds is 2. The standard InChI is InChI=1S/C12H12Cl2N2O5/c13-4-1-6-7(2-5(4)14)16(12(20)15-6)11-10(19)9(18)8(3-17)21-11/h1-2,8-11,17-19H,3H2,(H,15,20)/t8-,9-,10-,11-/m1/s1. The highest BCUT2D eigenvalue weighted by molar-refractivity contribution is 6.42. The number of nitrogens with one attached hydrogen (secondary N) is 1. The minimum absolute atomic E-state index is 0.240. The number of fused-ring (bicyclic) bond motifs is 1. The van der Waals surface area contributed by atoms with Crippen LogP contribution in [0.15, 0.2) is 16.9 Å². The fourth-order valence-electron chi connectivity index (χ4n) is 2.47. The number of imidazole rings is 1. The van der Waals surface area contributed by atoms with Gasteiger partial charge in [0.1, 0.15) is 18.3 Å². The number of aliphatic hydroxyl groups excluding tert-OH is 3. The van der Waals surface area contributed by atoms with Gasteiger partial charge in [-0.2, -0.15) is 0 Å². The van der Waals surface area contributed by atoms with Crippen LogP contribution in [0.25, 0.3) is 11.0 Å². The van der Waals surface area contributed by atoms with Gasteiger partial charge >= 0.3 is 5.69 Å². The van der Waals surface area contributed by atoms with Crippen molar-refractivity contribution in [1.29, 1.82) is 0 Å². The summed E-state index contributed by atoms with van der Waals surface area (Å²) in [6.45, 7) is -0.474. The van der Waals surface area contributed by atoms with E-state index >= 15 is 0 Å². The smallest absolute Gasteiger partial charge is 0.328 e. The summed E-state index contributed by atoms with van der Waals surface area (Å²) >= 11 is 11.8. The molecule has 4 N–H and O–H groups in total. The molecular weight excluding hydrogens is 323 g/mol. The number of benzene rings is 1. The molecule has 0 amide bonds. The molecule has 0 bridgehead atoms. The van der Waals surface area contributed by atoms with Gasteiger partial charge < -0.3 is 25.0 Å². The van der Waals surface area contributed by atoms with Crippen LogP contribution in [0.4, 0.5) is 0 Å². The third-order valence-corrected chi connectivity index (χ3v) is 4.25. The topological polar surface area (TPSA) is 108 Å². The molecule has 1 fully saturated rings. The van der Waals surface area contributed by atoms with Crippen LogP contribution in [-0.4, -0.2) is 49.8 Å². The molecule has 1 aliphatic rings. The van der Waals surface area contributed by atoms with Crippen LogP contribution in [0.1, 0.15) is 6.23 Å². The molecular formula is C12H12Cl2N2O5. The lowest BCUT2D eigenvalue weighted by Gasteiger charge is -2.16. The van der Waals surface area contributed by atoms with E-state index in [0.717, 1.165) is 4.57 Å². The average molecular weight is 335 g/mol. The largest absolute Gasteiger partial charge is 0.394 e. The van der Waals surface area contributed by atoms with Gasteiger partial charge in [-0.05, 0) is 12.1 Å². The lowest BCUT2D eigenvalue weighted by molar-refractivity contribution is -0.0522. The number of hydrogen-bond acceptors (Lipinski definition) is 5. The predicted octanol–water partition coefficient (Wildman–Crippen LogP) is 0.248. The quantitative estimate of drug-likeness (QED) is 0.629.